The van der Waals surface area contributed by atoms with Crippen molar-refractivity contribution in [1.29, 1.82) is 0 Å². The van der Waals surface area contributed by atoms with Crippen molar-refractivity contribution in [3.8, 4) is 5.95 Å². The lowest BCUT2D eigenvalue weighted by molar-refractivity contribution is -0.134. The van der Waals surface area contributed by atoms with Crippen LogP contribution in [0.5, 0.6) is 0 Å². The first-order valence-corrected chi connectivity index (χ1v) is 8.80. The molecule has 2 aromatic heterocycles. The molecule has 0 bridgehead atoms. The van der Waals surface area contributed by atoms with Crippen molar-refractivity contribution in [1.82, 2.24) is 24.6 Å². The Bertz CT molecular complexity index is 748. The molecule has 136 valence electrons. The normalized spacial score (nSPS) is 11.4. The van der Waals surface area contributed by atoms with Gasteiger partial charge in [-0.05, 0) is 61.5 Å². The first-order valence-electron chi connectivity index (χ1n) is 8.80. The quantitative estimate of drug-likeness (QED) is 0.837. The van der Waals surface area contributed by atoms with E-state index in [0.29, 0.717) is 12.4 Å². The van der Waals surface area contributed by atoms with Crippen LogP contribution in [-0.4, -0.2) is 42.6 Å². The lowest BCUT2D eigenvalue weighted by Gasteiger charge is -2.31. The summed E-state index contributed by atoms with van der Waals surface area (Å²) in [6.07, 6.45) is 0.346. The third kappa shape index (κ3) is 4.06. The van der Waals surface area contributed by atoms with Gasteiger partial charge in [0, 0.05) is 34.7 Å². The predicted octanol–water partition coefficient (Wildman–Crippen LogP) is 3.08. The average molecular weight is 343 g/mol. The summed E-state index contributed by atoms with van der Waals surface area (Å²) in [6.45, 7) is 16.0. The number of aromatic nitrogens is 4. The zero-order valence-corrected chi connectivity index (χ0v) is 16.6. The molecule has 6 nitrogen and oxygen atoms in total. The summed E-state index contributed by atoms with van der Waals surface area (Å²) >= 11 is 0. The zero-order valence-electron chi connectivity index (χ0n) is 16.6. The van der Waals surface area contributed by atoms with Crippen LogP contribution in [0, 0.1) is 27.7 Å². The number of rotatable bonds is 5. The molecule has 0 N–H and O–H groups in total. The van der Waals surface area contributed by atoms with Gasteiger partial charge >= 0.3 is 0 Å². The number of hydrogen-bond donors (Lipinski definition) is 0. The van der Waals surface area contributed by atoms with Crippen LogP contribution >= 0.6 is 0 Å². The average Bonchev–Trinajstić information content (AvgIpc) is 2.73. The van der Waals surface area contributed by atoms with E-state index in [1.807, 2.05) is 66.4 Å². The van der Waals surface area contributed by atoms with Gasteiger partial charge in [-0.3, -0.25) is 4.79 Å². The summed E-state index contributed by atoms with van der Waals surface area (Å²) in [4.78, 5) is 23.7. The van der Waals surface area contributed by atoms with Crippen molar-refractivity contribution in [2.24, 2.45) is 0 Å². The van der Waals surface area contributed by atoms with Gasteiger partial charge < -0.3 is 4.90 Å². The topological polar surface area (TPSA) is 63.9 Å². The lowest BCUT2D eigenvalue weighted by atomic mass is 10.1. The van der Waals surface area contributed by atoms with E-state index in [2.05, 4.69) is 15.1 Å². The second kappa shape index (κ2) is 7.33. The van der Waals surface area contributed by atoms with Gasteiger partial charge in [0.25, 0.3) is 5.95 Å². The molecule has 0 spiro atoms. The molecule has 0 saturated carbocycles. The Morgan fingerprint density at radius 3 is 2.04 bits per heavy atom. The third-order valence-corrected chi connectivity index (χ3v) is 4.33. The summed E-state index contributed by atoms with van der Waals surface area (Å²) < 4.78 is 1.74. The highest BCUT2D eigenvalue weighted by Gasteiger charge is 2.24. The first kappa shape index (κ1) is 19.1. The summed E-state index contributed by atoms with van der Waals surface area (Å²) in [5.74, 6) is 0.679. The SMILES string of the molecule is Cc1cc(C)nc(-n2nc(C)c(CC(=O)N(C(C)C)C(C)C)c2C)n1. The summed E-state index contributed by atoms with van der Waals surface area (Å²) in [7, 11) is 0. The van der Waals surface area contributed by atoms with E-state index in [9.17, 15) is 4.79 Å². The van der Waals surface area contributed by atoms with Crippen LogP contribution in [0.15, 0.2) is 6.07 Å². The van der Waals surface area contributed by atoms with E-state index < -0.39 is 0 Å². The third-order valence-electron chi connectivity index (χ3n) is 4.33. The Morgan fingerprint density at radius 1 is 1.04 bits per heavy atom. The second-order valence-electron chi connectivity index (χ2n) is 7.18. The van der Waals surface area contributed by atoms with Gasteiger partial charge in [0.1, 0.15) is 0 Å². The molecule has 2 rings (SSSR count). The summed E-state index contributed by atoms with van der Waals surface area (Å²) in [6, 6.07) is 2.28. The minimum atomic E-state index is 0.122. The van der Waals surface area contributed by atoms with Crippen LogP contribution in [0.1, 0.15) is 56.0 Å². The highest BCUT2D eigenvalue weighted by molar-refractivity contribution is 5.80. The molecule has 0 aliphatic carbocycles. The van der Waals surface area contributed by atoms with Gasteiger partial charge in [0.15, 0.2) is 0 Å². The van der Waals surface area contributed by atoms with Crippen LogP contribution in [-0.2, 0) is 11.2 Å². The molecule has 2 aromatic rings. The highest BCUT2D eigenvalue weighted by Crippen LogP contribution is 2.19. The van der Waals surface area contributed by atoms with E-state index >= 15 is 0 Å². The lowest BCUT2D eigenvalue weighted by Crippen LogP contribution is -2.43. The van der Waals surface area contributed by atoms with Crippen molar-refractivity contribution in [3.63, 3.8) is 0 Å². The number of carbonyl (C=O) groups excluding carboxylic acids is 1. The Kier molecular flexibility index (Phi) is 5.60. The fraction of sp³-hybridized carbons (Fsp3) is 0.579. The summed E-state index contributed by atoms with van der Waals surface area (Å²) in [5, 5.41) is 4.59. The number of carbonyl (C=O) groups is 1. The van der Waals surface area contributed by atoms with Crippen LogP contribution in [0.4, 0.5) is 0 Å². The molecule has 2 heterocycles. The molecule has 0 saturated heterocycles. The highest BCUT2D eigenvalue weighted by atomic mass is 16.2. The molecule has 0 aliphatic rings. The van der Waals surface area contributed by atoms with Crippen LogP contribution in [0.25, 0.3) is 5.95 Å². The van der Waals surface area contributed by atoms with Gasteiger partial charge in [-0.2, -0.15) is 5.10 Å². The minimum absolute atomic E-state index is 0.122. The monoisotopic (exact) mass is 343 g/mol. The minimum Gasteiger partial charge on any atom is -0.338 e. The second-order valence-corrected chi connectivity index (χ2v) is 7.18. The molecule has 6 heteroatoms. The van der Waals surface area contributed by atoms with Crippen LogP contribution < -0.4 is 0 Å². The van der Waals surface area contributed by atoms with E-state index in [0.717, 1.165) is 28.3 Å². The molecular weight excluding hydrogens is 314 g/mol. The molecule has 0 radical (unpaired) electrons. The molecule has 1 amide bonds. The standard InChI is InChI=1S/C19H29N5O/c1-11(2)23(12(3)4)18(25)10-17-15(7)22-24(16(17)8)19-20-13(5)9-14(6)21-19/h9,11-12H,10H2,1-8H3. The van der Waals surface area contributed by atoms with Gasteiger partial charge in [0.2, 0.25) is 5.91 Å². The van der Waals surface area contributed by atoms with E-state index in [1.54, 1.807) is 4.68 Å². The predicted molar refractivity (Wildman–Crippen MR) is 98.9 cm³/mol. The van der Waals surface area contributed by atoms with Crippen LogP contribution in [0.2, 0.25) is 0 Å². The van der Waals surface area contributed by atoms with Crippen molar-refractivity contribution in [3.05, 3.63) is 34.4 Å². The van der Waals surface area contributed by atoms with Gasteiger partial charge in [-0.1, -0.05) is 0 Å². The van der Waals surface area contributed by atoms with Gasteiger partial charge in [-0.25, -0.2) is 14.6 Å². The largest absolute Gasteiger partial charge is 0.338 e. The fourth-order valence-corrected chi connectivity index (χ4v) is 3.34. The van der Waals surface area contributed by atoms with Crippen molar-refractivity contribution >= 4 is 5.91 Å². The number of nitrogens with zero attached hydrogens (tertiary/aromatic N) is 5. The smallest absolute Gasteiger partial charge is 0.251 e. The van der Waals surface area contributed by atoms with E-state index in [4.69, 9.17) is 0 Å². The fourth-order valence-electron chi connectivity index (χ4n) is 3.34. The molecular formula is C19H29N5O. The van der Waals surface area contributed by atoms with Gasteiger partial charge in [0.05, 0.1) is 12.1 Å². The van der Waals surface area contributed by atoms with Crippen molar-refractivity contribution in [2.45, 2.75) is 73.9 Å². The Balaban J connectivity index is 2.38. The van der Waals surface area contributed by atoms with Crippen LogP contribution in [0.3, 0.4) is 0 Å². The molecule has 0 unspecified atom stereocenters. The number of aryl methyl sites for hydroxylation is 3. The van der Waals surface area contributed by atoms with Crippen molar-refractivity contribution < 1.29 is 4.79 Å². The van der Waals surface area contributed by atoms with Gasteiger partial charge in [-0.15, -0.1) is 0 Å². The molecule has 0 aromatic carbocycles. The maximum Gasteiger partial charge on any atom is 0.251 e. The number of amides is 1. The van der Waals surface area contributed by atoms with Crippen molar-refractivity contribution in [2.75, 3.05) is 0 Å². The molecule has 25 heavy (non-hydrogen) atoms. The Hall–Kier alpha value is -2.24. The zero-order chi connectivity index (χ0) is 18.9. The molecule has 0 atom stereocenters. The first-order chi connectivity index (χ1) is 11.6. The van der Waals surface area contributed by atoms with E-state index in [-0.39, 0.29) is 18.0 Å². The Morgan fingerprint density at radius 2 is 1.56 bits per heavy atom. The Labute approximate surface area is 150 Å². The molecule has 0 aliphatic heterocycles. The number of hydrogen-bond acceptors (Lipinski definition) is 4. The maximum atomic E-state index is 12.8. The summed E-state index contributed by atoms with van der Waals surface area (Å²) in [5.41, 5.74) is 4.53. The molecule has 0 fully saturated rings. The van der Waals surface area contributed by atoms with E-state index in [1.165, 1.54) is 0 Å². The maximum absolute atomic E-state index is 12.8.